The van der Waals surface area contributed by atoms with Crippen molar-refractivity contribution < 1.29 is 4.74 Å². The second-order valence-corrected chi connectivity index (χ2v) is 2.43. The van der Waals surface area contributed by atoms with E-state index >= 15 is 0 Å². The molecule has 0 bridgehead atoms. The van der Waals surface area contributed by atoms with Gasteiger partial charge in [-0.15, -0.1) is 0 Å². The zero-order chi connectivity index (χ0) is 6.69. The van der Waals surface area contributed by atoms with E-state index in [1.54, 1.807) is 7.11 Å². The topological polar surface area (TPSA) is 9.23 Å². The highest BCUT2D eigenvalue weighted by Gasteiger charge is 2.10. The van der Waals surface area contributed by atoms with Crippen LogP contribution in [-0.4, -0.2) is 13.2 Å². The largest absolute Gasteiger partial charge is 0.377 e. The highest BCUT2D eigenvalue weighted by Crippen LogP contribution is 2.20. The van der Waals surface area contributed by atoms with Crippen LogP contribution in [0.15, 0.2) is 5.57 Å². The fourth-order valence-electron chi connectivity index (χ4n) is 1.11. The second-order valence-electron chi connectivity index (χ2n) is 2.43. The van der Waals surface area contributed by atoms with Crippen molar-refractivity contribution in [2.75, 3.05) is 7.11 Å². The molecule has 0 heterocycles. The average molecular weight is 125 g/mol. The van der Waals surface area contributed by atoms with Crippen LogP contribution >= 0.6 is 0 Å². The van der Waals surface area contributed by atoms with Gasteiger partial charge in [0.15, 0.2) is 0 Å². The van der Waals surface area contributed by atoms with E-state index in [-0.39, 0.29) is 0 Å². The van der Waals surface area contributed by atoms with Crippen molar-refractivity contribution in [1.82, 2.24) is 0 Å². The number of rotatable bonds is 2. The van der Waals surface area contributed by atoms with E-state index in [4.69, 9.17) is 4.74 Å². The Balaban J connectivity index is 2.40. The molecule has 1 nitrogen and oxygen atoms in total. The first-order valence-electron chi connectivity index (χ1n) is 3.47. The molecule has 1 radical (unpaired) electrons. The number of allylic oxidation sites excluding steroid dienone is 1. The molecule has 1 aliphatic rings. The molecule has 1 atom stereocenters. The van der Waals surface area contributed by atoms with Crippen LogP contribution < -0.4 is 0 Å². The standard InChI is InChI=1S/C8H13O/c1-7(9-2)8-5-3-4-6-8/h7H,3-5H2,1-2H3. The Labute approximate surface area is 56.7 Å². The van der Waals surface area contributed by atoms with Crippen molar-refractivity contribution in [2.24, 2.45) is 0 Å². The Morgan fingerprint density at radius 1 is 1.67 bits per heavy atom. The molecule has 1 unspecified atom stereocenters. The summed E-state index contributed by atoms with van der Waals surface area (Å²) in [5, 5.41) is 0. The molecular weight excluding hydrogens is 112 g/mol. The highest BCUT2D eigenvalue weighted by atomic mass is 16.5. The van der Waals surface area contributed by atoms with Gasteiger partial charge in [-0.05, 0) is 37.8 Å². The first-order chi connectivity index (χ1) is 4.34. The molecule has 0 amide bonds. The monoisotopic (exact) mass is 125 g/mol. The fourth-order valence-corrected chi connectivity index (χ4v) is 1.11. The van der Waals surface area contributed by atoms with Crippen LogP contribution in [0.1, 0.15) is 26.2 Å². The van der Waals surface area contributed by atoms with Gasteiger partial charge in [0, 0.05) is 7.11 Å². The van der Waals surface area contributed by atoms with E-state index in [0.29, 0.717) is 6.10 Å². The fraction of sp³-hybridized carbons (Fsp3) is 0.750. The maximum atomic E-state index is 5.13. The Morgan fingerprint density at radius 2 is 2.44 bits per heavy atom. The van der Waals surface area contributed by atoms with Crippen molar-refractivity contribution in [2.45, 2.75) is 32.3 Å². The molecular formula is C8H13O. The maximum Gasteiger partial charge on any atom is 0.0758 e. The van der Waals surface area contributed by atoms with E-state index in [1.807, 2.05) is 0 Å². The van der Waals surface area contributed by atoms with Crippen molar-refractivity contribution in [3.8, 4) is 0 Å². The van der Waals surface area contributed by atoms with Crippen LogP contribution in [0.2, 0.25) is 0 Å². The van der Waals surface area contributed by atoms with Gasteiger partial charge < -0.3 is 4.74 Å². The van der Waals surface area contributed by atoms with Crippen LogP contribution in [0.5, 0.6) is 0 Å². The molecule has 0 aromatic rings. The molecule has 0 saturated carbocycles. The Hall–Kier alpha value is -0.300. The third kappa shape index (κ3) is 1.55. The maximum absolute atomic E-state index is 5.13. The molecule has 1 heteroatoms. The van der Waals surface area contributed by atoms with Gasteiger partial charge in [0.2, 0.25) is 0 Å². The summed E-state index contributed by atoms with van der Waals surface area (Å²) in [6.07, 6.45) is 7.18. The molecule has 0 aromatic carbocycles. The molecule has 0 N–H and O–H groups in total. The lowest BCUT2D eigenvalue weighted by Gasteiger charge is -2.08. The van der Waals surface area contributed by atoms with Gasteiger partial charge in [-0.25, -0.2) is 0 Å². The van der Waals surface area contributed by atoms with Gasteiger partial charge in [0.1, 0.15) is 0 Å². The summed E-state index contributed by atoms with van der Waals surface area (Å²) >= 11 is 0. The number of methoxy groups -OCH3 is 1. The summed E-state index contributed by atoms with van der Waals surface area (Å²) in [4.78, 5) is 0. The van der Waals surface area contributed by atoms with E-state index in [9.17, 15) is 0 Å². The van der Waals surface area contributed by atoms with Crippen molar-refractivity contribution in [1.29, 1.82) is 0 Å². The Morgan fingerprint density at radius 3 is 2.89 bits per heavy atom. The second kappa shape index (κ2) is 3.02. The number of ether oxygens (including phenoxy) is 1. The number of hydrogen-bond donors (Lipinski definition) is 0. The van der Waals surface area contributed by atoms with Crippen molar-refractivity contribution in [3.63, 3.8) is 0 Å². The van der Waals surface area contributed by atoms with Gasteiger partial charge in [0.25, 0.3) is 0 Å². The van der Waals surface area contributed by atoms with Crippen molar-refractivity contribution in [3.05, 3.63) is 11.6 Å². The molecule has 1 aliphatic carbocycles. The summed E-state index contributed by atoms with van der Waals surface area (Å²) in [6.45, 7) is 2.08. The third-order valence-electron chi connectivity index (χ3n) is 1.82. The first kappa shape index (κ1) is 6.81. The van der Waals surface area contributed by atoms with Crippen LogP contribution in [0.4, 0.5) is 0 Å². The average Bonchev–Trinajstić information content (AvgIpc) is 2.37. The number of hydrogen-bond acceptors (Lipinski definition) is 1. The predicted molar refractivity (Wildman–Crippen MR) is 37.1 cm³/mol. The molecule has 9 heavy (non-hydrogen) atoms. The van der Waals surface area contributed by atoms with Gasteiger partial charge in [-0.1, -0.05) is 0 Å². The van der Waals surface area contributed by atoms with Gasteiger partial charge in [-0.3, -0.25) is 0 Å². The van der Waals surface area contributed by atoms with Gasteiger partial charge in [0.05, 0.1) is 6.10 Å². The van der Waals surface area contributed by atoms with Crippen LogP contribution in [0.25, 0.3) is 0 Å². The molecule has 1 rings (SSSR count). The zero-order valence-electron chi connectivity index (χ0n) is 6.11. The molecule has 0 saturated heterocycles. The quantitative estimate of drug-likeness (QED) is 0.548. The molecule has 0 aliphatic heterocycles. The van der Waals surface area contributed by atoms with Crippen LogP contribution in [-0.2, 0) is 4.74 Å². The molecule has 51 valence electrons. The van der Waals surface area contributed by atoms with E-state index in [0.717, 1.165) is 6.42 Å². The zero-order valence-corrected chi connectivity index (χ0v) is 6.11. The Kier molecular flexibility index (Phi) is 2.29. The lowest BCUT2D eigenvalue weighted by molar-refractivity contribution is 0.144. The minimum absolute atomic E-state index is 0.299. The summed E-state index contributed by atoms with van der Waals surface area (Å²) in [7, 11) is 1.75. The lowest BCUT2D eigenvalue weighted by Crippen LogP contribution is -2.06. The molecule has 0 fully saturated rings. The molecule has 0 spiro atoms. The third-order valence-corrected chi connectivity index (χ3v) is 1.82. The Bertz CT molecular complexity index is 116. The highest BCUT2D eigenvalue weighted by molar-refractivity contribution is 5.07. The summed E-state index contributed by atoms with van der Waals surface area (Å²) in [6, 6.07) is 0. The predicted octanol–water partition coefficient (Wildman–Crippen LogP) is 1.93. The van der Waals surface area contributed by atoms with E-state index in [2.05, 4.69) is 13.0 Å². The smallest absolute Gasteiger partial charge is 0.0758 e. The van der Waals surface area contributed by atoms with Gasteiger partial charge >= 0.3 is 0 Å². The normalized spacial score (nSPS) is 21.8. The molecule has 0 aromatic heterocycles. The van der Waals surface area contributed by atoms with E-state index < -0.39 is 0 Å². The minimum atomic E-state index is 0.299. The summed E-state index contributed by atoms with van der Waals surface area (Å²) < 4.78 is 5.13. The first-order valence-corrected chi connectivity index (χ1v) is 3.47. The summed E-state index contributed by atoms with van der Waals surface area (Å²) in [5.41, 5.74) is 1.36. The van der Waals surface area contributed by atoms with Crippen molar-refractivity contribution >= 4 is 0 Å². The van der Waals surface area contributed by atoms with Crippen LogP contribution in [0, 0.1) is 6.08 Å². The lowest BCUT2D eigenvalue weighted by atomic mass is 10.1. The van der Waals surface area contributed by atoms with E-state index in [1.165, 1.54) is 18.4 Å². The summed E-state index contributed by atoms with van der Waals surface area (Å²) in [5.74, 6) is 0. The minimum Gasteiger partial charge on any atom is -0.377 e. The SMILES string of the molecule is COC(C)C1=[C]CCC1. The van der Waals surface area contributed by atoms with Gasteiger partial charge in [-0.2, -0.15) is 0 Å². The van der Waals surface area contributed by atoms with Crippen LogP contribution in [0.3, 0.4) is 0 Å².